The fourth-order valence-corrected chi connectivity index (χ4v) is 3.04. The maximum Gasteiger partial charge on any atom is 0.343 e. The highest BCUT2D eigenvalue weighted by Gasteiger charge is 2.28. The summed E-state index contributed by atoms with van der Waals surface area (Å²) in [5.41, 5.74) is 1.52. The van der Waals surface area contributed by atoms with Crippen LogP contribution in [-0.4, -0.2) is 23.5 Å². The van der Waals surface area contributed by atoms with Crippen molar-refractivity contribution in [2.24, 2.45) is 0 Å². The van der Waals surface area contributed by atoms with Gasteiger partial charge in [-0.2, -0.15) is 0 Å². The van der Waals surface area contributed by atoms with Gasteiger partial charge in [0.15, 0.2) is 17.3 Å². The summed E-state index contributed by atoms with van der Waals surface area (Å²) in [7, 11) is 0. The molecule has 0 amide bonds. The predicted octanol–water partition coefficient (Wildman–Crippen LogP) is 3.65. The predicted molar refractivity (Wildman–Crippen MR) is 101 cm³/mol. The molecule has 0 radical (unpaired) electrons. The average molecular weight is 387 g/mol. The second-order valence-electron chi connectivity index (χ2n) is 6.34. The smallest absolute Gasteiger partial charge is 0.343 e. The molecule has 2 aliphatic heterocycles. The van der Waals surface area contributed by atoms with Gasteiger partial charge in [0.2, 0.25) is 12.6 Å². The molecule has 142 valence electrons. The summed E-state index contributed by atoms with van der Waals surface area (Å²) in [6.45, 7) is 0.178. The van der Waals surface area contributed by atoms with Gasteiger partial charge in [0, 0.05) is 18.5 Å². The largest absolute Gasteiger partial charge is 0.454 e. The molecule has 7 nitrogen and oxygen atoms in total. The van der Waals surface area contributed by atoms with Crippen LogP contribution in [0.5, 0.6) is 23.0 Å². The molecule has 2 aromatic carbocycles. The number of aromatic nitrogens is 1. The van der Waals surface area contributed by atoms with Crippen LogP contribution in [0, 0.1) is 0 Å². The number of carbonyl (C=O) groups excluding carboxylic acids is 2. The van der Waals surface area contributed by atoms with Gasteiger partial charge in [-0.1, -0.05) is 6.07 Å². The summed E-state index contributed by atoms with van der Waals surface area (Å²) in [4.78, 5) is 28.7. The van der Waals surface area contributed by atoms with Gasteiger partial charge < -0.3 is 18.9 Å². The fraction of sp³-hybridized carbons (Fsp3) is 0.0455. The molecule has 0 spiro atoms. The Labute approximate surface area is 165 Å². The summed E-state index contributed by atoms with van der Waals surface area (Å²) < 4.78 is 21.7. The van der Waals surface area contributed by atoms with E-state index in [1.165, 1.54) is 18.5 Å². The van der Waals surface area contributed by atoms with E-state index in [1.54, 1.807) is 42.5 Å². The molecule has 5 rings (SSSR count). The van der Waals surface area contributed by atoms with Crippen LogP contribution in [0.3, 0.4) is 0 Å². The van der Waals surface area contributed by atoms with E-state index in [1.807, 2.05) is 6.07 Å². The third kappa shape index (κ3) is 3.19. The van der Waals surface area contributed by atoms with E-state index in [2.05, 4.69) is 4.98 Å². The van der Waals surface area contributed by atoms with Crippen LogP contribution in [0.4, 0.5) is 0 Å². The highest BCUT2D eigenvalue weighted by atomic mass is 16.7. The molecule has 0 aliphatic carbocycles. The minimum absolute atomic E-state index is 0.177. The molecule has 29 heavy (non-hydrogen) atoms. The topological polar surface area (TPSA) is 84.0 Å². The van der Waals surface area contributed by atoms with Crippen molar-refractivity contribution in [2.75, 3.05) is 6.79 Å². The van der Waals surface area contributed by atoms with Crippen LogP contribution >= 0.6 is 0 Å². The number of Topliss-reactive ketones (excluding diaryl/α,β-unsaturated/α-hetero) is 1. The molecular formula is C22H13NO6. The average Bonchev–Trinajstić information content (AvgIpc) is 3.33. The number of hydrogen-bond acceptors (Lipinski definition) is 7. The summed E-state index contributed by atoms with van der Waals surface area (Å²) in [5, 5.41) is 0. The molecule has 0 N–H and O–H groups in total. The van der Waals surface area contributed by atoms with E-state index < -0.39 is 5.97 Å². The van der Waals surface area contributed by atoms with Crippen LogP contribution in [0.1, 0.15) is 26.3 Å². The quantitative estimate of drug-likeness (QED) is 0.385. The summed E-state index contributed by atoms with van der Waals surface area (Å²) in [6.07, 6.45) is 4.65. The first kappa shape index (κ1) is 17.0. The molecule has 0 saturated heterocycles. The van der Waals surface area contributed by atoms with Crippen molar-refractivity contribution in [2.45, 2.75) is 0 Å². The van der Waals surface area contributed by atoms with Crippen molar-refractivity contribution >= 4 is 17.8 Å². The van der Waals surface area contributed by atoms with E-state index in [-0.39, 0.29) is 24.1 Å². The van der Waals surface area contributed by atoms with E-state index in [0.717, 1.165) is 5.56 Å². The Balaban J connectivity index is 1.37. The molecule has 0 fully saturated rings. The molecule has 7 heteroatoms. The van der Waals surface area contributed by atoms with Crippen molar-refractivity contribution in [1.82, 2.24) is 4.98 Å². The SMILES string of the molecule is O=C(Oc1ccc2c(c1)O/C(=C\c1ccc3c(c1)OCO3)C2=O)c1ccncc1. The van der Waals surface area contributed by atoms with E-state index >= 15 is 0 Å². The first-order chi connectivity index (χ1) is 14.2. The van der Waals surface area contributed by atoms with Gasteiger partial charge in [0.05, 0.1) is 11.1 Å². The highest BCUT2D eigenvalue weighted by molar-refractivity contribution is 6.14. The number of esters is 1. The number of carbonyl (C=O) groups is 2. The van der Waals surface area contributed by atoms with Crippen LogP contribution in [0.2, 0.25) is 0 Å². The number of nitrogens with zero attached hydrogens (tertiary/aromatic N) is 1. The molecule has 0 saturated carbocycles. The monoisotopic (exact) mass is 387 g/mol. The van der Waals surface area contributed by atoms with Gasteiger partial charge in [0.25, 0.3) is 0 Å². The maximum absolute atomic E-state index is 12.6. The number of hydrogen-bond donors (Lipinski definition) is 0. The number of fused-ring (bicyclic) bond motifs is 2. The number of ketones is 1. The number of pyridine rings is 1. The first-order valence-corrected chi connectivity index (χ1v) is 8.77. The molecule has 0 bridgehead atoms. The Kier molecular flexibility index (Phi) is 3.98. The molecular weight excluding hydrogens is 374 g/mol. The molecule has 0 atom stereocenters. The lowest BCUT2D eigenvalue weighted by Gasteiger charge is -2.05. The van der Waals surface area contributed by atoms with Gasteiger partial charge in [-0.25, -0.2) is 4.79 Å². The van der Waals surface area contributed by atoms with Crippen molar-refractivity contribution in [3.63, 3.8) is 0 Å². The van der Waals surface area contributed by atoms with Crippen molar-refractivity contribution in [3.8, 4) is 23.0 Å². The highest BCUT2D eigenvalue weighted by Crippen LogP contribution is 2.37. The normalized spacial score (nSPS) is 15.2. The second-order valence-corrected chi connectivity index (χ2v) is 6.34. The third-order valence-electron chi connectivity index (χ3n) is 4.46. The van der Waals surface area contributed by atoms with Crippen molar-refractivity contribution < 1.29 is 28.5 Å². The molecule has 1 aromatic heterocycles. The minimum atomic E-state index is -0.521. The number of rotatable bonds is 3. The number of benzene rings is 2. The zero-order chi connectivity index (χ0) is 19.8. The van der Waals surface area contributed by atoms with Crippen molar-refractivity contribution in [1.29, 1.82) is 0 Å². The Morgan fingerprint density at radius 1 is 0.966 bits per heavy atom. The van der Waals surface area contributed by atoms with Crippen LogP contribution in [0.15, 0.2) is 66.7 Å². The van der Waals surface area contributed by atoms with Gasteiger partial charge >= 0.3 is 5.97 Å². The van der Waals surface area contributed by atoms with Gasteiger partial charge in [-0.3, -0.25) is 9.78 Å². The summed E-state index contributed by atoms with van der Waals surface area (Å²) >= 11 is 0. The minimum Gasteiger partial charge on any atom is -0.454 e. The lowest BCUT2D eigenvalue weighted by atomic mass is 10.1. The standard InChI is InChI=1S/C22H13NO6/c24-21-16-3-2-15(28-22(25)14-5-7-23-8-6-14)11-18(16)29-20(21)10-13-1-4-17-19(9-13)27-12-26-17/h1-11H,12H2/b20-10-. The summed E-state index contributed by atoms with van der Waals surface area (Å²) in [5.74, 6) is 1.31. The molecule has 0 unspecified atom stereocenters. The lowest BCUT2D eigenvalue weighted by molar-refractivity contribution is 0.0734. The molecule has 2 aliphatic rings. The zero-order valence-corrected chi connectivity index (χ0v) is 15.0. The van der Waals surface area contributed by atoms with E-state index in [9.17, 15) is 9.59 Å². The van der Waals surface area contributed by atoms with Gasteiger partial charge in [-0.15, -0.1) is 0 Å². The van der Waals surface area contributed by atoms with Crippen LogP contribution < -0.4 is 18.9 Å². The summed E-state index contributed by atoms with van der Waals surface area (Å²) in [6, 6.07) is 13.1. The third-order valence-corrected chi connectivity index (χ3v) is 4.46. The molecule has 3 aromatic rings. The fourth-order valence-electron chi connectivity index (χ4n) is 3.04. The second kappa shape index (κ2) is 6.79. The Bertz CT molecular complexity index is 1170. The Morgan fingerprint density at radius 3 is 2.66 bits per heavy atom. The number of ether oxygens (including phenoxy) is 4. The van der Waals surface area contributed by atoms with Crippen LogP contribution in [0.25, 0.3) is 6.08 Å². The maximum atomic E-state index is 12.6. The van der Waals surface area contributed by atoms with E-state index in [0.29, 0.717) is 28.4 Å². The van der Waals surface area contributed by atoms with Crippen molar-refractivity contribution in [3.05, 3.63) is 83.4 Å². The Hall–Kier alpha value is -4.13. The lowest BCUT2D eigenvalue weighted by Crippen LogP contribution is -2.08. The number of allylic oxidation sites excluding steroid dienone is 1. The first-order valence-electron chi connectivity index (χ1n) is 8.77. The van der Waals surface area contributed by atoms with Gasteiger partial charge in [-0.05, 0) is 48.0 Å². The zero-order valence-electron chi connectivity index (χ0n) is 15.0. The van der Waals surface area contributed by atoms with Crippen LogP contribution in [-0.2, 0) is 0 Å². The van der Waals surface area contributed by atoms with Gasteiger partial charge in [0.1, 0.15) is 11.5 Å². The molecule has 3 heterocycles. The van der Waals surface area contributed by atoms with E-state index in [4.69, 9.17) is 18.9 Å². The Morgan fingerprint density at radius 2 is 1.79 bits per heavy atom.